The van der Waals surface area contributed by atoms with Gasteiger partial charge in [0, 0.05) is 10.9 Å². The van der Waals surface area contributed by atoms with Crippen LogP contribution in [0.15, 0.2) is 53.9 Å². The fraction of sp³-hybridized carbons (Fsp3) is 0.158. The number of esters is 1. The van der Waals surface area contributed by atoms with Crippen LogP contribution in [0.4, 0.5) is 4.39 Å². The van der Waals surface area contributed by atoms with Gasteiger partial charge in [-0.05, 0) is 42.8 Å². The van der Waals surface area contributed by atoms with Crippen LogP contribution in [-0.2, 0) is 4.74 Å². The number of aromatic nitrogens is 1. The molecule has 0 radical (unpaired) electrons. The third-order valence-corrected chi connectivity index (χ3v) is 4.36. The number of carbonyl (C=O) groups excluding carboxylic acids is 1. The lowest BCUT2D eigenvalue weighted by Gasteiger charge is -2.08. The molecule has 128 valence electrons. The molecule has 25 heavy (non-hydrogen) atoms. The Morgan fingerprint density at radius 3 is 2.64 bits per heavy atom. The predicted molar refractivity (Wildman–Crippen MR) is 94.5 cm³/mol. The van der Waals surface area contributed by atoms with Gasteiger partial charge in [0.25, 0.3) is 0 Å². The van der Waals surface area contributed by atoms with Crippen LogP contribution in [0.25, 0.3) is 10.6 Å². The van der Waals surface area contributed by atoms with Crippen LogP contribution in [-0.4, -0.2) is 24.2 Å². The Balaban J connectivity index is 1.52. The number of aryl methyl sites for hydroxylation is 1. The summed E-state index contributed by atoms with van der Waals surface area (Å²) in [5, 5.41) is 2.27. The molecular formula is C19H16FNO3S. The fourth-order valence-corrected chi connectivity index (χ4v) is 2.97. The standard InChI is InChI=1S/C19H16FNO3S/c1-13-4-2-3-5-17(13)23-10-11-24-19(22)16-12-25-18(21-16)14-6-8-15(20)9-7-14/h2-9,12H,10-11H2,1H3. The Morgan fingerprint density at radius 1 is 1.12 bits per heavy atom. The molecule has 0 atom stereocenters. The average molecular weight is 357 g/mol. The Labute approximate surface area is 148 Å². The number of para-hydroxylation sites is 1. The van der Waals surface area contributed by atoms with E-state index in [9.17, 15) is 9.18 Å². The highest BCUT2D eigenvalue weighted by molar-refractivity contribution is 7.13. The number of ether oxygens (including phenoxy) is 2. The molecule has 0 fully saturated rings. The van der Waals surface area contributed by atoms with Gasteiger partial charge in [0.1, 0.15) is 29.8 Å². The van der Waals surface area contributed by atoms with E-state index in [0.717, 1.165) is 16.9 Å². The molecule has 0 N–H and O–H groups in total. The summed E-state index contributed by atoms with van der Waals surface area (Å²) in [5.74, 6) is -0.0441. The van der Waals surface area contributed by atoms with Crippen molar-refractivity contribution < 1.29 is 18.7 Å². The van der Waals surface area contributed by atoms with Gasteiger partial charge in [0.15, 0.2) is 5.69 Å². The van der Waals surface area contributed by atoms with Crippen LogP contribution < -0.4 is 4.74 Å². The zero-order chi connectivity index (χ0) is 17.6. The molecule has 3 aromatic rings. The third-order valence-electron chi connectivity index (χ3n) is 3.47. The van der Waals surface area contributed by atoms with E-state index in [0.29, 0.717) is 5.01 Å². The molecule has 0 aliphatic carbocycles. The van der Waals surface area contributed by atoms with E-state index in [1.54, 1.807) is 17.5 Å². The summed E-state index contributed by atoms with van der Waals surface area (Å²) in [6.45, 7) is 2.36. The molecule has 0 unspecified atom stereocenters. The number of halogens is 1. The molecule has 0 aliphatic rings. The van der Waals surface area contributed by atoms with Crippen LogP contribution in [0.5, 0.6) is 5.75 Å². The molecule has 0 aliphatic heterocycles. The Bertz CT molecular complexity index is 861. The van der Waals surface area contributed by atoms with E-state index in [1.165, 1.54) is 23.5 Å². The van der Waals surface area contributed by atoms with Crippen LogP contribution in [0, 0.1) is 12.7 Å². The van der Waals surface area contributed by atoms with Gasteiger partial charge in [-0.15, -0.1) is 11.3 Å². The van der Waals surface area contributed by atoms with E-state index in [4.69, 9.17) is 9.47 Å². The van der Waals surface area contributed by atoms with Gasteiger partial charge in [-0.25, -0.2) is 14.2 Å². The number of carbonyl (C=O) groups is 1. The Hall–Kier alpha value is -2.73. The highest BCUT2D eigenvalue weighted by Gasteiger charge is 2.13. The van der Waals surface area contributed by atoms with Crippen LogP contribution in [0.2, 0.25) is 0 Å². The van der Waals surface area contributed by atoms with Crippen molar-refractivity contribution in [2.45, 2.75) is 6.92 Å². The molecule has 0 amide bonds. The first-order valence-corrected chi connectivity index (χ1v) is 8.58. The maximum absolute atomic E-state index is 13.0. The van der Waals surface area contributed by atoms with Gasteiger partial charge >= 0.3 is 5.97 Å². The number of benzene rings is 2. The van der Waals surface area contributed by atoms with E-state index >= 15 is 0 Å². The summed E-state index contributed by atoms with van der Waals surface area (Å²) in [4.78, 5) is 16.3. The van der Waals surface area contributed by atoms with E-state index in [-0.39, 0.29) is 24.7 Å². The predicted octanol–water partition coefficient (Wildman–Crippen LogP) is 4.49. The number of thiazole rings is 1. The minimum absolute atomic E-state index is 0.135. The summed E-state index contributed by atoms with van der Waals surface area (Å²) < 4.78 is 23.7. The summed E-state index contributed by atoms with van der Waals surface area (Å²) in [5.41, 5.74) is 2.02. The molecule has 2 aromatic carbocycles. The van der Waals surface area contributed by atoms with E-state index < -0.39 is 5.97 Å². The van der Waals surface area contributed by atoms with E-state index in [1.807, 2.05) is 31.2 Å². The van der Waals surface area contributed by atoms with Crippen LogP contribution in [0.1, 0.15) is 16.1 Å². The molecule has 6 heteroatoms. The molecule has 1 aromatic heterocycles. The number of hydrogen-bond acceptors (Lipinski definition) is 5. The highest BCUT2D eigenvalue weighted by Crippen LogP contribution is 2.24. The first-order valence-electron chi connectivity index (χ1n) is 7.70. The zero-order valence-corrected chi connectivity index (χ0v) is 14.4. The molecule has 0 saturated carbocycles. The molecule has 3 rings (SSSR count). The van der Waals surface area contributed by atoms with Gasteiger partial charge in [-0.2, -0.15) is 0 Å². The molecule has 4 nitrogen and oxygen atoms in total. The first kappa shape index (κ1) is 17.1. The van der Waals surface area contributed by atoms with Crippen molar-refractivity contribution >= 4 is 17.3 Å². The van der Waals surface area contributed by atoms with Gasteiger partial charge in [0.2, 0.25) is 0 Å². The highest BCUT2D eigenvalue weighted by atomic mass is 32.1. The maximum atomic E-state index is 13.0. The summed E-state index contributed by atoms with van der Waals surface area (Å²) >= 11 is 1.31. The average Bonchev–Trinajstić information content (AvgIpc) is 3.11. The Morgan fingerprint density at radius 2 is 1.88 bits per heavy atom. The quantitative estimate of drug-likeness (QED) is 0.482. The second-order valence-electron chi connectivity index (χ2n) is 5.29. The number of nitrogens with zero attached hydrogens (tertiary/aromatic N) is 1. The smallest absolute Gasteiger partial charge is 0.357 e. The summed E-state index contributed by atoms with van der Waals surface area (Å²) in [6.07, 6.45) is 0. The van der Waals surface area contributed by atoms with E-state index in [2.05, 4.69) is 4.98 Å². The minimum Gasteiger partial charge on any atom is -0.490 e. The van der Waals surface area contributed by atoms with Gasteiger partial charge in [-0.3, -0.25) is 0 Å². The normalized spacial score (nSPS) is 10.5. The summed E-state index contributed by atoms with van der Waals surface area (Å²) in [6, 6.07) is 13.6. The van der Waals surface area contributed by atoms with Crippen molar-refractivity contribution in [3.8, 4) is 16.3 Å². The lowest BCUT2D eigenvalue weighted by Crippen LogP contribution is -2.13. The van der Waals surface area contributed by atoms with Crippen molar-refractivity contribution in [1.82, 2.24) is 4.98 Å². The second kappa shape index (κ2) is 7.90. The SMILES string of the molecule is Cc1ccccc1OCCOC(=O)c1csc(-c2ccc(F)cc2)n1. The monoisotopic (exact) mass is 357 g/mol. The molecule has 0 bridgehead atoms. The van der Waals surface area contributed by atoms with Crippen molar-refractivity contribution in [2.75, 3.05) is 13.2 Å². The van der Waals surface area contributed by atoms with Gasteiger partial charge < -0.3 is 9.47 Å². The zero-order valence-electron chi connectivity index (χ0n) is 13.6. The topological polar surface area (TPSA) is 48.4 Å². The number of hydrogen-bond donors (Lipinski definition) is 0. The molecule has 0 spiro atoms. The largest absolute Gasteiger partial charge is 0.490 e. The van der Waals surface area contributed by atoms with Crippen molar-refractivity contribution in [3.63, 3.8) is 0 Å². The maximum Gasteiger partial charge on any atom is 0.357 e. The van der Waals surface area contributed by atoms with Gasteiger partial charge in [0.05, 0.1) is 0 Å². The molecule has 1 heterocycles. The minimum atomic E-state index is -0.502. The van der Waals surface area contributed by atoms with Crippen molar-refractivity contribution in [1.29, 1.82) is 0 Å². The first-order chi connectivity index (χ1) is 12.1. The Kier molecular flexibility index (Phi) is 5.40. The fourth-order valence-electron chi connectivity index (χ4n) is 2.17. The summed E-state index contributed by atoms with van der Waals surface area (Å²) in [7, 11) is 0. The lowest BCUT2D eigenvalue weighted by atomic mass is 10.2. The third kappa shape index (κ3) is 4.42. The van der Waals surface area contributed by atoms with Gasteiger partial charge in [-0.1, -0.05) is 18.2 Å². The van der Waals surface area contributed by atoms with Crippen molar-refractivity contribution in [2.24, 2.45) is 0 Å². The second-order valence-corrected chi connectivity index (χ2v) is 6.15. The van der Waals surface area contributed by atoms with Crippen LogP contribution in [0.3, 0.4) is 0 Å². The van der Waals surface area contributed by atoms with Crippen LogP contribution >= 0.6 is 11.3 Å². The molecular weight excluding hydrogens is 341 g/mol. The lowest BCUT2D eigenvalue weighted by molar-refractivity contribution is 0.0444. The van der Waals surface area contributed by atoms with Crippen molar-refractivity contribution in [3.05, 3.63) is 71.0 Å². The molecule has 0 saturated heterocycles. The number of rotatable bonds is 6.